The summed E-state index contributed by atoms with van der Waals surface area (Å²) < 4.78 is 21.6. The Labute approximate surface area is 142 Å². The fourth-order valence-electron chi connectivity index (χ4n) is 2.95. The Morgan fingerprint density at radius 3 is 2.29 bits per heavy atom. The number of benzene rings is 1. The van der Waals surface area contributed by atoms with E-state index in [-0.39, 0.29) is 18.1 Å². The molecular weight excluding hydrogens is 312 g/mol. The third-order valence-corrected chi connectivity index (χ3v) is 4.07. The lowest BCUT2D eigenvalue weighted by Crippen LogP contribution is -2.44. The van der Waals surface area contributed by atoms with Gasteiger partial charge in [-0.2, -0.15) is 0 Å². The third kappa shape index (κ3) is 3.91. The first kappa shape index (κ1) is 18.4. The molecule has 1 aromatic carbocycles. The molecule has 1 aromatic rings. The highest BCUT2D eigenvalue weighted by Crippen LogP contribution is 2.38. The van der Waals surface area contributed by atoms with Crippen LogP contribution in [0, 0.1) is 0 Å². The van der Waals surface area contributed by atoms with Gasteiger partial charge in [0.25, 0.3) is 5.91 Å². The first-order valence-electron chi connectivity index (χ1n) is 7.95. The molecule has 0 unspecified atom stereocenters. The molecule has 0 aromatic heterocycles. The van der Waals surface area contributed by atoms with Gasteiger partial charge in [-0.3, -0.25) is 4.79 Å². The standard InChI is InChI=1S/C17H26N2O5/c1-6-24-15-10-19(2)9-12(15)18-17(20)11-7-13(21-3)16(23-5)14(8-11)22-4/h7-8,12,15H,6,9-10H2,1-5H3,(H,18,20)/t12-,15-/m1/s1. The van der Waals surface area contributed by atoms with Crippen LogP contribution in [0.4, 0.5) is 0 Å². The lowest BCUT2D eigenvalue weighted by Gasteiger charge is -2.20. The van der Waals surface area contributed by atoms with E-state index in [2.05, 4.69) is 10.2 Å². The number of nitrogens with zero attached hydrogens (tertiary/aromatic N) is 1. The second-order valence-electron chi connectivity index (χ2n) is 5.71. The topological polar surface area (TPSA) is 69.3 Å². The number of methoxy groups -OCH3 is 3. The summed E-state index contributed by atoms with van der Waals surface area (Å²) in [5.74, 6) is 1.17. The fraction of sp³-hybridized carbons (Fsp3) is 0.588. The van der Waals surface area contributed by atoms with Crippen LogP contribution in [-0.4, -0.2) is 71.0 Å². The van der Waals surface area contributed by atoms with Gasteiger partial charge in [-0.15, -0.1) is 0 Å². The van der Waals surface area contributed by atoms with Gasteiger partial charge in [-0.1, -0.05) is 0 Å². The highest BCUT2D eigenvalue weighted by atomic mass is 16.5. The van der Waals surface area contributed by atoms with E-state index in [1.165, 1.54) is 21.3 Å². The molecule has 1 heterocycles. The zero-order valence-electron chi connectivity index (χ0n) is 14.9. The molecule has 0 radical (unpaired) electrons. The SMILES string of the molecule is CCO[C@@H]1CN(C)C[C@H]1NC(=O)c1cc(OC)c(OC)c(OC)c1. The molecule has 134 valence electrons. The summed E-state index contributed by atoms with van der Waals surface area (Å²) in [6.45, 7) is 4.13. The summed E-state index contributed by atoms with van der Waals surface area (Å²) in [5, 5.41) is 3.04. The quantitative estimate of drug-likeness (QED) is 0.805. The molecule has 24 heavy (non-hydrogen) atoms. The lowest BCUT2D eigenvalue weighted by atomic mass is 10.1. The summed E-state index contributed by atoms with van der Waals surface area (Å²) in [6, 6.07) is 3.23. The number of hydrogen-bond donors (Lipinski definition) is 1. The molecule has 1 N–H and O–H groups in total. The van der Waals surface area contributed by atoms with Crippen LogP contribution in [0.25, 0.3) is 0 Å². The number of carbonyl (C=O) groups excluding carboxylic acids is 1. The molecule has 2 atom stereocenters. The van der Waals surface area contributed by atoms with Crippen LogP contribution < -0.4 is 19.5 Å². The molecular formula is C17H26N2O5. The molecule has 1 fully saturated rings. The molecule has 0 saturated carbocycles. The van der Waals surface area contributed by atoms with Gasteiger partial charge in [-0.25, -0.2) is 0 Å². The van der Waals surface area contributed by atoms with Crippen LogP contribution in [0.5, 0.6) is 17.2 Å². The molecule has 7 nitrogen and oxygen atoms in total. The monoisotopic (exact) mass is 338 g/mol. The molecule has 1 saturated heterocycles. The summed E-state index contributed by atoms with van der Waals surface area (Å²) in [5.41, 5.74) is 0.453. The number of ether oxygens (including phenoxy) is 4. The molecule has 2 rings (SSSR count). The van der Waals surface area contributed by atoms with Crippen LogP contribution in [-0.2, 0) is 4.74 Å². The summed E-state index contributed by atoms with van der Waals surface area (Å²) in [4.78, 5) is 14.8. The zero-order valence-corrected chi connectivity index (χ0v) is 14.9. The number of carbonyl (C=O) groups is 1. The Morgan fingerprint density at radius 1 is 1.17 bits per heavy atom. The molecule has 0 aliphatic carbocycles. The third-order valence-electron chi connectivity index (χ3n) is 4.07. The van der Waals surface area contributed by atoms with Crippen molar-refractivity contribution in [2.24, 2.45) is 0 Å². The minimum absolute atomic E-state index is 0.00834. The van der Waals surface area contributed by atoms with Crippen molar-refractivity contribution in [1.82, 2.24) is 10.2 Å². The van der Waals surface area contributed by atoms with E-state index in [0.29, 0.717) is 29.4 Å². The van der Waals surface area contributed by atoms with Crippen LogP contribution in [0.2, 0.25) is 0 Å². The minimum atomic E-state index is -0.195. The summed E-state index contributed by atoms with van der Waals surface area (Å²) in [6.07, 6.45) is -0.00834. The van der Waals surface area contributed by atoms with Crippen LogP contribution in [0.3, 0.4) is 0 Å². The van der Waals surface area contributed by atoms with Gasteiger partial charge in [0.05, 0.1) is 33.5 Å². The second kappa shape index (κ2) is 8.21. The second-order valence-corrected chi connectivity index (χ2v) is 5.71. The van der Waals surface area contributed by atoms with Crippen molar-refractivity contribution in [3.63, 3.8) is 0 Å². The number of rotatable bonds is 7. The highest BCUT2D eigenvalue weighted by molar-refractivity contribution is 5.96. The van der Waals surface area contributed by atoms with Crippen molar-refractivity contribution in [3.05, 3.63) is 17.7 Å². The zero-order chi connectivity index (χ0) is 17.7. The van der Waals surface area contributed by atoms with Crippen molar-refractivity contribution in [3.8, 4) is 17.2 Å². The predicted molar refractivity (Wildman–Crippen MR) is 90.3 cm³/mol. The van der Waals surface area contributed by atoms with E-state index in [1.54, 1.807) is 12.1 Å². The van der Waals surface area contributed by atoms with Gasteiger partial charge in [0.15, 0.2) is 11.5 Å². The van der Waals surface area contributed by atoms with Gasteiger partial charge in [-0.05, 0) is 26.1 Å². The van der Waals surface area contributed by atoms with Gasteiger partial charge >= 0.3 is 0 Å². The number of hydrogen-bond acceptors (Lipinski definition) is 6. The predicted octanol–water partition coefficient (Wildman–Crippen LogP) is 1.16. The van der Waals surface area contributed by atoms with E-state index < -0.39 is 0 Å². The summed E-state index contributed by atoms with van der Waals surface area (Å²) in [7, 11) is 6.59. The minimum Gasteiger partial charge on any atom is -0.493 e. The number of amides is 1. The Hall–Kier alpha value is -1.99. The van der Waals surface area contributed by atoms with Crippen molar-refractivity contribution in [2.75, 3.05) is 48.1 Å². The maximum Gasteiger partial charge on any atom is 0.251 e. The first-order chi connectivity index (χ1) is 11.5. The van der Waals surface area contributed by atoms with Crippen LogP contribution in [0.15, 0.2) is 12.1 Å². The molecule has 0 bridgehead atoms. The van der Waals surface area contributed by atoms with Gasteiger partial charge < -0.3 is 29.2 Å². The van der Waals surface area contributed by atoms with E-state index >= 15 is 0 Å². The smallest absolute Gasteiger partial charge is 0.251 e. The van der Waals surface area contributed by atoms with Gasteiger partial charge in [0.2, 0.25) is 5.75 Å². The number of nitrogens with one attached hydrogen (secondary N) is 1. The van der Waals surface area contributed by atoms with Crippen LogP contribution >= 0.6 is 0 Å². The fourth-order valence-corrected chi connectivity index (χ4v) is 2.95. The Kier molecular flexibility index (Phi) is 6.28. The largest absolute Gasteiger partial charge is 0.493 e. The highest BCUT2D eigenvalue weighted by Gasteiger charge is 2.33. The van der Waals surface area contributed by atoms with Gasteiger partial charge in [0.1, 0.15) is 0 Å². The average Bonchev–Trinajstić information content (AvgIpc) is 2.92. The Morgan fingerprint density at radius 2 is 1.79 bits per heavy atom. The molecule has 0 spiro atoms. The van der Waals surface area contributed by atoms with E-state index in [1.807, 2.05) is 14.0 Å². The normalized spacial score (nSPS) is 20.7. The Balaban J connectivity index is 2.20. The van der Waals surface area contributed by atoms with Crippen molar-refractivity contribution >= 4 is 5.91 Å². The lowest BCUT2D eigenvalue weighted by molar-refractivity contribution is 0.0513. The number of likely N-dealkylation sites (tertiary alicyclic amines) is 1. The van der Waals surface area contributed by atoms with Crippen molar-refractivity contribution in [2.45, 2.75) is 19.1 Å². The molecule has 1 aliphatic rings. The maximum atomic E-state index is 12.7. The summed E-state index contributed by atoms with van der Waals surface area (Å²) >= 11 is 0. The Bertz CT molecular complexity index is 553. The van der Waals surface area contributed by atoms with E-state index in [0.717, 1.165) is 13.1 Å². The molecule has 1 aliphatic heterocycles. The van der Waals surface area contributed by atoms with E-state index in [4.69, 9.17) is 18.9 Å². The molecule has 1 amide bonds. The first-order valence-corrected chi connectivity index (χ1v) is 7.95. The maximum absolute atomic E-state index is 12.7. The van der Waals surface area contributed by atoms with Gasteiger partial charge in [0, 0.05) is 25.3 Å². The van der Waals surface area contributed by atoms with Crippen molar-refractivity contribution < 1.29 is 23.7 Å². The van der Waals surface area contributed by atoms with Crippen LogP contribution in [0.1, 0.15) is 17.3 Å². The van der Waals surface area contributed by atoms with E-state index in [9.17, 15) is 4.79 Å². The number of likely N-dealkylation sites (N-methyl/N-ethyl adjacent to an activating group) is 1. The van der Waals surface area contributed by atoms with Crippen molar-refractivity contribution in [1.29, 1.82) is 0 Å². The average molecular weight is 338 g/mol. The molecule has 7 heteroatoms.